The van der Waals surface area contributed by atoms with E-state index in [1.165, 1.54) is 4.57 Å². The number of ether oxygens (including phenoxy) is 1. The predicted molar refractivity (Wildman–Crippen MR) is 101 cm³/mol. The van der Waals surface area contributed by atoms with Crippen LogP contribution in [0.1, 0.15) is 26.4 Å². The summed E-state index contributed by atoms with van der Waals surface area (Å²) in [5.41, 5.74) is 1.25. The molecule has 1 aromatic heterocycles. The highest BCUT2D eigenvalue weighted by Gasteiger charge is 2.27. The molecule has 27 heavy (non-hydrogen) atoms. The van der Waals surface area contributed by atoms with Crippen LogP contribution in [0, 0.1) is 6.92 Å². The lowest BCUT2D eigenvalue weighted by atomic mass is 10.1. The minimum absolute atomic E-state index is 0.0731. The minimum Gasteiger partial charge on any atom is -0.497 e. The van der Waals surface area contributed by atoms with Crippen molar-refractivity contribution in [3.8, 4) is 5.75 Å². The van der Waals surface area contributed by atoms with E-state index in [0.717, 1.165) is 5.69 Å². The summed E-state index contributed by atoms with van der Waals surface area (Å²) in [6, 6.07) is 10.3. The van der Waals surface area contributed by atoms with Crippen molar-refractivity contribution in [3.63, 3.8) is 0 Å². The topological polar surface area (TPSA) is 71.8 Å². The van der Waals surface area contributed by atoms with Gasteiger partial charge in [0, 0.05) is 44.5 Å². The molecule has 0 spiro atoms. The molecule has 142 valence electrons. The van der Waals surface area contributed by atoms with E-state index < -0.39 is 0 Å². The van der Waals surface area contributed by atoms with Gasteiger partial charge >= 0.3 is 0 Å². The second-order valence-corrected chi connectivity index (χ2v) is 6.57. The lowest BCUT2D eigenvalue weighted by Crippen LogP contribution is -2.51. The Morgan fingerprint density at radius 1 is 0.889 bits per heavy atom. The predicted octanol–water partition coefficient (Wildman–Crippen LogP) is 1.30. The van der Waals surface area contributed by atoms with Gasteiger partial charge < -0.3 is 19.1 Å². The van der Waals surface area contributed by atoms with Crippen LogP contribution in [0.2, 0.25) is 0 Å². The number of aromatic nitrogens is 1. The van der Waals surface area contributed by atoms with Gasteiger partial charge in [-0.25, -0.2) is 0 Å². The largest absolute Gasteiger partial charge is 0.497 e. The van der Waals surface area contributed by atoms with E-state index in [0.29, 0.717) is 37.5 Å². The molecule has 0 aliphatic carbocycles. The third-order valence-electron chi connectivity index (χ3n) is 4.98. The van der Waals surface area contributed by atoms with E-state index in [2.05, 4.69) is 0 Å². The van der Waals surface area contributed by atoms with E-state index in [1.54, 1.807) is 60.4 Å². The van der Waals surface area contributed by atoms with Crippen LogP contribution in [0.5, 0.6) is 5.75 Å². The average molecular weight is 369 g/mol. The number of benzene rings is 1. The Morgan fingerprint density at radius 3 is 2.00 bits per heavy atom. The highest BCUT2D eigenvalue weighted by molar-refractivity contribution is 5.96. The molecule has 0 saturated carbocycles. The van der Waals surface area contributed by atoms with Crippen molar-refractivity contribution in [1.82, 2.24) is 14.4 Å². The van der Waals surface area contributed by atoms with Crippen LogP contribution in [0.3, 0.4) is 0 Å². The average Bonchev–Trinajstić information content (AvgIpc) is 2.71. The van der Waals surface area contributed by atoms with E-state index in [-0.39, 0.29) is 22.9 Å². The first-order valence-corrected chi connectivity index (χ1v) is 8.81. The van der Waals surface area contributed by atoms with Gasteiger partial charge in [0.1, 0.15) is 11.3 Å². The van der Waals surface area contributed by atoms with Gasteiger partial charge in [-0.3, -0.25) is 14.4 Å². The zero-order chi connectivity index (χ0) is 19.6. The fourth-order valence-corrected chi connectivity index (χ4v) is 3.09. The monoisotopic (exact) mass is 369 g/mol. The van der Waals surface area contributed by atoms with Crippen molar-refractivity contribution in [3.05, 3.63) is 63.6 Å². The van der Waals surface area contributed by atoms with Crippen LogP contribution < -0.4 is 10.3 Å². The summed E-state index contributed by atoms with van der Waals surface area (Å²) in [4.78, 5) is 41.0. The number of pyridine rings is 1. The fraction of sp³-hybridized carbons (Fsp3) is 0.350. The molecule has 2 amide bonds. The number of aryl methyl sites for hydroxylation is 1. The summed E-state index contributed by atoms with van der Waals surface area (Å²) in [6.45, 7) is 3.49. The Hall–Kier alpha value is -3.09. The summed E-state index contributed by atoms with van der Waals surface area (Å²) in [5, 5.41) is 0. The summed E-state index contributed by atoms with van der Waals surface area (Å²) < 4.78 is 6.57. The molecule has 7 heteroatoms. The second-order valence-electron chi connectivity index (χ2n) is 6.57. The molecule has 1 saturated heterocycles. The number of rotatable bonds is 3. The number of carbonyl (C=O) groups is 2. The zero-order valence-electron chi connectivity index (χ0n) is 15.8. The standard InChI is InChI=1S/C20H23N3O4/c1-14-4-9-17(19(25)21(14)2)20(26)23-12-10-22(11-13-23)18(24)15-5-7-16(27-3)8-6-15/h4-9H,10-13H2,1-3H3. The maximum Gasteiger partial charge on any atom is 0.263 e. The lowest BCUT2D eigenvalue weighted by molar-refractivity contribution is 0.0534. The fourth-order valence-electron chi connectivity index (χ4n) is 3.09. The third kappa shape index (κ3) is 3.72. The maximum atomic E-state index is 12.7. The van der Waals surface area contributed by atoms with Crippen LogP contribution in [0.25, 0.3) is 0 Å². The molecule has 1 aliphatic heterocycles. The van der Waals surface area contributed by atoms with Crippen molar-refractivity contribution < 1.29 is 14.3 Å². The molecule has 7 nitrogen and oxygen atoms in total. The summed E-state index contributed by atoms with van der Waals surface area (Å²) in [7, 11) is 3.23. The number of piperazine rings is 1. The van der Waals surface area contributed by atoms with E-state index >= 15 is 0 Å². The maximum absolute atomic E-state index is 12.7. The zero-order valence-corrected chi connectivity index (χ0v) is 15.8. The van der Waals surface area contributed by atoms with Crippen LogP contribution in [-0.2, 0) is 7.05 Å². The Labute approximate surface area is 157 Å². The number of methoxy groups -OCH3 is 1. The molecule has 0 bridgehead atoms. The Balaban J connectivity index is 1.66. The molecule has 3 rings (SSSR count). The van der Waals surface area contributed by atoms with Crippen LogP contribution >= 0.6 is 0 Å². The first kappa shape index (κ1) is 18.7. The molecule has 0 atom stereocenters. The van der Waals surface area contributed by atoms with Gasteiger partial charge in [-0.1, -0.05) is 0 Å². The van der Waals surface area contributed by atoms with Crippen molar-refractivity contribution in [2.24, 2.45) is 7.05 Å². The summed E-state index contributed by atoms with van der Waals surface area (Å²) in [5.74, 6) is 0.338. The second kappa shape index (κ2) is 7.65. The molecule has 0 radical (unpaired) electrons. The first-order valence-electron chi connectivity index (χ1n) is 8.81. The van der Waals surface area contributed by atoms with E-state index in [4.69, 9.17) is 4.74 Å². The van der Waals surface area contributed by atoms with Crippen LogP contribution in [-0.4, -0.2) is 59.5 Å². The Kier molecular flexibility index (Phi) is 5.30. The van der Waals surface area contributed by atoms with E-state index in [1.807, 2.05) is 6.92 Å². The molecular weight excluding hydrogens is 346 g/mol. The van der Waals surface area contributed by atoms with Crippen molar-refractivity contribution >= 4 is 11.8 Å². The van der Waals surface area contributed by atoms with Gasteiger partial charge in [0.25, 0.3) is 17.4 Å². The highest BCUT2D eigenvalue weighted by atomic mass is 16.5. The lowest BCUT2D eigenvalue weighted by Gasteiger charge is -2.34. The summed E-state index contributed by atoms with van der Waals surface area (Å²) >= 11 is 0. The third-order valence-corrected chi connectivity index (χ3v) is 4.98. The van der Waals surface area contributed by atoms with Crippen LogP contribution in [0.15, 0.2) is 41.2 Å². The molecule has 0 unspecified atom stereocenters. The number of hydrogen-bond donors (Lipinski definition) is 0. The smallest absolute Gasteiger partial charge is 0.263 e. The Bertz CT molecular complexity index is 910. The molecule has 2 heterocycles. The van der Waals surface area contributed by atoms with Gasteiger partial charge in [-0.15, -0.1) is 0 Å². The number of hydrogen-bond acceptors (Lipinski definition) is 4. The molecule has 1 fully saturated rings. The molecule has 0 N–H and O–H groups in total. The van der Waals surface area contributed by atoms with Crippen molar-refractivity contribution in [2.75, 3.05) is 33.3 Å². The number of amides is 2. The quantitative estimate of drug-likeness (QED) is 0.818. The van der Waals surface area contributed by atoms with E-state index in [9.17, 15) is 14.4 Å². The Morgan fingerprint density at radius 2 is 1.44 bits per heavy atom. The summed E-state index contributed by atoms with van der Waals surface area (Å²) in [6.07, 6.45) is 0. The van der Waals surface area contributed by atoms with Crippen molar-refractivity contribution in [2.45, 2.75) is 6.92 Å². The van der Waals surface area contributed by atoms with Gasteiger partial charge in [0.2, 0.25) is 0 Å². The SMILES string of the molecule is COc1ccc(C(=O)N2CCN(C(=O)c3ccc(C)n(C)c3=O)CC2)cc1. The molecular formula is C20H23N3O4. The normalized spacial score (nSPS) is 14.2. The minimum atomic E-state index is -0.295. The highest BCUT2D eigenvalue weighted by Crippen LogP contribution is 2.15. The van der Waals surface area contributed by atoms with Crippen molar-refractivity contribution in [1.29, 1.82) is 0 Å². The van der Waals surface area contributed by atoms with Gasteiger partial charge in [-0.2, -0.15) is 0 Å². The van der Waals surface area contributed by atoms with Gasteiger partial charge in [0.05, 0.1) is 7.11 Å². The number of carbonyl (C=O) groups excluding carboxylic acids is 2. The van der Waals surface area contributed by atoms with Crippen LogP contribution in [0.4, 0.5) is 0 Å². The number of nitrogens with zero attached hydrogens (tertiary/aromatic N) is 3. The van der Waals surface area contributed by atoms with Gasteiger partial charge in [-0.05, 0) is 43.3 Å². The van der Waals surface area contributed by atoms with Gasteiger partial charge in [0.15, 0.2) is 0 Å². The molecule has 2 aromatic rings. The first-order chi connectivity index (χ1) is 12.9. The molecule has 1 aliphatic rings. The molecule has 1 aromatic carbocycles.